The fraction of sp³-hybridized carbons (Fsp3) is 0.435. The van der Waals surface area contributed by atoms with Crippen molar-refractivity contribution in [3.63, 3.8) is 0 Å². The van der Waals surface area contributed by atoms with Gasteiger partial charge in [0.1, 0.15) is 11.8 Å². The van der Waals surface area contributed by atoms with Crippen LogP contribution >= 0.6 is 11.6 Å². The smallest absolute Gasteiger partial charge is 0.244 e. The maximum atomic E-state index is 13.7. The standard InChI is InChI=1S/C23H29ClN2O4S/c1-16(2)18-12-13-25-23(27)22(14-18)26(15-17-4-8-20(30-3)9-5-17)31(28,29)21-10-6-19(24)7-11-21/h4-11,16,18,22H,12-15H2,1-3H3,(H,25,27). The molecule has 2 aromatic rings. The Bertz CT molecular complexity index is 991. The summed E-state index contributed by atoms with van der Waals surface area (Å²) in [6, 6.07) is 12.5. The Balaban J connectivity index is 2.03. The maximum absolute atomic E-state index is 13.7. The van der Waals surface area contributed by atoms with E-state index in [1.807, 2.05) is 12.1 Å². The maximum Gasteiger partial charge on any atom is 0.244 e. The van der Waals surface area contributed by atoms with Gasteiger partial charge in [-0.1, -0.05) is 37.6 Å². The topological polar surface area (TPSA) is 75.7 Å². The van der Waals surface area contributed by atoms with E-state index in [1.165, 1.54) is 16.4 Å². The van der Waals surface area contributed by atoms with Crippen molar-refractivity contribution in [1.82, 2.24) is 9.62 Å². The number of sulfonamides is 1. The molecule has 2 aromatic carbocycles. The SMILES string of the molecule is COc1ccc(CN(C2CC(C(C)C)CCNC2=O)S(=O)(=O)c2ccc(Cl)cc2)cc1. The summed E-state index contributed by atoms with van der Waals surface area (Å²) < 4.78 is 33.9. The second-order valence-electron chi connectivity index (χ2n) is 8.19. The molecule has 1 aliphatic rings. The molecule has 1 N–H and O–H groups in total. The van der Waals surface area contributed by atoms with Gasteiger partial charge in [0.25, 0.3) is 0 Å². The summed E-state index contributed by atoms with van der Waals surface area (Å²) in [6.45, 7) is 4.85. The van der Waals surface area contributed by atoms with Crippen molar-refractivity contribution in [2.45, 2.75) is 44.2 Å². The predicted octanol–water partition coefficient (Wildman–Crippen LogP) is 4.09. The molecule has 0 aliphatic carbocycles. The molecule has 0 bridgehead atoms. The number of amides is 1. The van der Waals surface area contributed by atoms with Gasteiger partial charge in [0.05, 0.1) is 12.0 Å². The highest BCUT2D eigenvalue weighted by molar-refractivity contribution is 7.89. The number of carbonyl (C=O) groups excluding carboxylic acids is 1. The monoisotopic (exact) mass is 464 g/mol. The number of hydrogen-bond donors (Lipinski definition) is 1. The number of benzene rings is 2. The number of nitrogens with zero attached hydrogens (tertiary/aromatic N) is 1. The van der Waals surface area contributed by atoms with E-state index in [4.69, 9.17) is 16.3 Å². The lowest BCUT2D eigenvalue weighted by atomic mass is 9.87. The number of nitrogens with one attached hydrogen (secondary N) is 1. The van der Waals surface area contributed by atoms with Crippen molar-refractivity contribution in [2.24, 2.45) is 11.8 Å². The van der Waals surface area contributed by atoms with Gasteiger partial charge in [0, 0.05) is 18.1 Å². The fourth-order valence-electron chi connectivity index (χ4n) is 3.88. The minimum atomic E-state index is -3.95. The lowest BCUT2D eigenvalue weighted by Crippen LogP contribution is -2.48. The minimum absolute atomic E-state index is 0.0812. The van der Waals surface area contributed by atoms with E-state index >= 15 is 0 Å². The van der Waals surface area contributed by atoms with E-state index in [2.05, 4.69) is 19.2 Å². The van der Waals surface area contributed by atoms with E-state index < -0.39 is 16.1 Å². The molecule has 0 radical (unpaired) electrons. The van der Waals surface area contributed by atoms with Gasteiger partial charge in [-0.25, -0.2) is 8.42 Å². The van der Waals surface area contributed by atoms with Crippen LogP contribution in [-0.4, -0.2) is 38.3 Å². The Kier molecular flexibility index (Phi) is 7.62. The number of rotatable bonds is 7. The molecule has 31 heavy (non-hydrogen) atoms. The highest BCUT2D eigenvalue weighted by Crippen LogP contribution is 2.30. The normalized spacial score (nSPS) is 19.9. The molecule has 3 rings (SSSR count). The van der Waals surface area contributed by atoms with E-state index in [1.54, 1.807) is 31.4 Å². The van der Waals surface area contributed by atoms with Crippen LogP contribution in [0.3, 0.4) is 0 Å². The molecule has 1 amide bonds. The van der Waals surface area contributed by atoms with Crippen molar-refractivity contribution in [2.75, 3.05) is 13.7 Å². The fourth-order valence-corrected chi connectivity index (χ4v) is 5.59. The first-order valence-corrected chi connectivity index (χ1v) is 12.2. The van der Waals surface area contributed by atoms with E-state index in [0.29, 0.717) is 29.7 Å². The largest absolute Gasteiger partial charge is 0.497 e. The number of halogens is 1. The van der Waals surface area contributed by atoms with Crippen LogP contribution in [0.2, 0.25) is 5.02 Å². The molecule has 2 unspecified atom stereocenters. The predicted molar refractivity (Wildman–Crippen MR) is 122 cm³/mol. The quantitative estimate of drug-likeness (QED) is 0.669. The Morgan fingerprint density at radius 3 is 2.35 bits per heavy atom. The van der Waals surface area contributed by atoms with Crippen LogP contribution in [0, 0.1) is 11.8 Å². The van der Waals surface area contributed by atoms with Crippen LogP contribution in [0.5, 0.6) is 5.75 Å². The van der Waals surface area contributed by atoms with Crippen LogP contribution in [0.25, 0.3) is 0 Å². The van der Waals surface area contributed by atoms with Crippen LogP contribution in [-0.2, 0) is 21.4 Å². The molecule has 0 aromatic heterocycles. The average Bonchev–Trinajstić information content (AvgIpc) is 2.94. The molecule has 168 valence electrons. The summed E-state index contributed by atoms with van der Waals surface area (Å²) in [4.78, 5) is 13.1. The van der Waals surface area contributed by atoms with Crippen LogP contribution < -0.4 is 10.1 Å². The lowest BCUT2D eigenvalue weighted by molar-refractivity contribution is -0.124. The molecule has 1 saturated heterocycles. The van der Waals surface area contributed by atoms with Gasteiger partial charge in [-0.05, 0) is 66.6 Å². The second-order valence-corrected chi connectivity index (χ2v) is 10.5. The zero-order valence-electron chi connectivity index (χ0n) is 18.0. The van der Waals surface area contributed by atoms with Gasteiger partial charge in [-0.3, -0.25) is 4.79 Å². The molecule has 1 heterocycles. The molecule has 6 nitrogen and oxygen atoms in total. The summed E-state index contributed by atoms with van der Waals surface area (Å²) >= 11 is 5.96. The van der Waals surface area contributed by atoms with Gasteiger partial charge < -0.3 is 10.1 Å². The average molecular weight is 465 g/mol. The molecule has 1 fully saturated rings. The summed E-state index contributed by atoms with van der Waals surface area (Å²) in [7, 11) is -2.37. The van der Waals surface area contributed by atoms with Gasteiger partial charge >= 0.3 is 0 Å². The third-order valence-corrected chi connectivity index (χ3v) is 7.97. The first-order valence-electron chi connectivity index (χ1n) is 10.4. The van der Waals surface area contributed by atoms with Gasteiger partial charge in [0.15, 0.2) is 0 Å². The van der Waals surface area contributed by atoms with Crippen LogP contribution in [0.4, 0.5) is 0 Å². The van der Waals surface area contributed by atoms with Crippen molar-refractivity contribution in [3.8, 4) is 5.75 Å². The number of hydrogen-bond acceptors (Lipinski definition) is 4. The van der Waals surface area contributed by atoms with E-state index in [-0.39, 0.29) is 23.3 Å². The van der Waals surface area contributed by atoms with Crippen molar-refractivity contribution in [3.05, 3.63) is 59.1 Å². The lowest BCUT2D eigenvalue weighted by Gasteiger charge is -2.31. The van der Waals surface area contributed by atoms with Gasteiger partial charge in [-0.2, -0.15) is 4.31 Å². The third-order valence-electron chi connectivity index (χ3n) is 5.85. The Morgan fingerprint density at radius 2 is 1.77 bits per heavy atom. The van der Waals surface area contributed by atoms with Gasteiger partial charge in [0.2, 0.25) is 15.9 Å². The zero-order valence-corrected chi connectivity index (χ0v) is 19.6. The van der Waals surface area contributed by atoms with Crippen LogP contribution in [0.15, 0.2) is 53.4 Å². The number of ether oxygens (including phenoxy) is 1. The van der Waals surface area contributed by atoms with Gasteiger partial charge in [-0.15, -0.1) is 0 Å². The summed E-state index contributed by atoms with van der Waals surface area (Å²) in [5, 5.41) is 3.36. The second kappa shape index (κ2) is 10.0. The zero-order chi connectivity index (χ0) is 22.6. The highest BCUT2D eigenvalue weighted by atomic mass is 35.5. The number of methoxy groups -OCH3 is 1. The molecule has 0 spiro atoms. The minimum Gasteiger partial charge on any atom is -0.497 e. The van der Waals surface area contributed by atoms with E-state index in [0.717, 1.165) is 12.0 Å². The summed E-state index contributed by atoms with van der Waals surface area (Å²) in [5.74, 6) is 1.01. The number of carbonyl (C=O) groups is 1. The molecule has 8 heteroatoms. The molecular weight excluding hydrogens is 436 g/mol. The first kappa shape index (κ1) is 23.6. The van der Waals surface area contributed by atoms with Crippen molar-refractivity contribution < 1.29 is 17.9 Å². The van der Waals surface area contributed by atoms with E-state index in [9.17, 15) is 13.2 Å². The summed E-state index contributed by atoms with van der Waals surface area (Å²) in [5.41, 5.74) is 0.775. The summed E-state index contributed by atoms with van der Waals surface area (Å²) in [6.07, 6.45) is 1.31. The molecule has 2 atom stereocenters. The van der Waals surface area contributed by atoms with Crippen LogP contribution in [0.1, 0.15) is 32.3 Å². The molecular formula is C23H29ClN2O4S. The third kappa shape index (κ3) is 5.59. The molecule has 0 saturated carbocycles. The molecule has 1 aliphatic heterocycles. The Labute approximate surface area is 189 Å². The first-order chi connectivity index (χ1) is 14.7. The Morgan fingerprint density at radius 1 is 1.13 bits per heavy atom. The Hall–Kier alpha value is -2.09. The van der Waals surface area contributed by atoms with Crippen molar-refractivity contribution >= 4 is 27.5 Å². The highest BCUT2D eigenvalue weighted by Gasteiger charge is 2.39. The van der Waals surface area contributed by atoms with Crippen molar-refractivity contribution in [1.29, 1.82) is 0 Å².